The topological polar surface area (TPSA) is 21.6 Å². The van der Waals surface area contributed by atoms with E-state index in [-0.39, 0.29) is 0 Å². The van der Waals surface area contributed by atoms with Crippen LogP contribution < -0.4 is 0 Å². The molecule has 0 bridgehead atoms. The molecule has 2 nitrogen and oxygen atoms in total. The predicted molar refractivity (Wildman–Crippen MR) is 53.3 cm³/mol. The van der Waals surface area contributed by atoms with Crippen LogP contribution in [0, 0.1) is 0 Å². The van der Waals surface area contributed by atoms with E-state index in [4.69, 9.17) is 4.74 Å². The van der Waals surface area contributed by atoms with Crippen molar-refractivity contribution in [1.29, 1.82) is 0 Å². The van der Waals surface area contributed by atoms with Crippen LogP contribution in [-0.2, 0) is 4.74 Å². The first kappa shape index (κ1) is 9.42. The van der Waals surface area contributed by atoms with E-state index in [1.54, 1.807) is 18.4 Å². The first-order valence-electron chi connectivity index (χ1n) is 3.96. The highest BCUT2D eigenvalue weighted by Crippen LogP contribution is 2.04. The van der Waals surface area contributed by atoms with E-state index in [1.807, 2.05) is 12.3 Å². The van der Waals surface area contributed by atoms with Crippen molar-refractivity contribution in [2.24, 2.45) is 4.99 Å². The molecule has 0 N–H and O–H groups in total. The summed E-state index contributed by atoms with van der Waals surface area (Å²) in [4.78, 5) is 5.47. The van der Waals surface area contributed by atoms with Crippen molar-refractivity contribution in [3.63, 3.8) is 0 Å². The first-order chi connectivity index (χ1) is 5.93. The average molecular weight is 183 g/mol. The van der Waals surface area contributed by atoms with Crippen molar-refractivity contribution in [3.05, 3.63) is 22.4 Å². The molecule has 66 valence electrons. The molecule has 0 aliphatic carbocycles. The fourth-order valence-electron chi connectivity index (χ4n) is 0.819. The highest BCUT2D eigenvalue weighted by Gasteiger charge is 1.85. The number of rotatable bonds is 5. The Bertz CT molecular complexity index is 218. The third-order valence-corrected chi connectivity index (χ3v) is 2.20. The maximum atomic E-state index is 4.91. The van der Waals surface area contributed by atoms with Crippen LogP contribution in [0.1, 0.15) is 11.3 Å². The van der Waals surface area contributed by atoms with Gasteiger partial charge in [-0.25, -0.2) is 0 Å². The van der Waals surface area contributed by atoms with Gasteiger partial charge in [-0.05, 0) is 17.9 Å². The molecule has 1 aromatic heterocycles. The van der Waals surface area contributed by atoms with Crippen LogP contribution in [0.3, 0.4) is 0 Å². The highest BCUT2D eigenvalue weighted by molar-refractivity contribution is 7.11. The summed E-state index contributed by atoms with van der Waals surface area (Å²) >= 11 is 1.71. The van der Waals surface area contributed by atoms with Crippen molar-refractivity contribution in [3.8, 4) is 0 Å². The molecule has 0 aliphatic heterocycles. The van der Waals surface area contributed by atoms with Crippen molar-refractivity contribution in [2.75, 3.05) is 20.3 Å². The summed E-state index contributed by atoms with van der Waals surface area (Å²) in [6.45, 7) is 1.65. The zero-order chi connectivity index (χ0) is 8.65. The Balaban J connectivity index is 2.14. The van der Waals surface area contributed by atoms with Crippen LogP contribution in [0.2, 0.25) is 0 Å². The van der Waals surface area contributed by atoms with Gasteiger partial charge in [0.05, 0.1) is 0 Å². The minimum atomic E-state index is 0.793. The summed E-state index contributed by atoms with van der Waals surface area (Å²) in [5.41, 5.74) is 0. The van der Waals surface area contributed by atoms with E-state index in [1.165, 1.54) is 4.88 Å². The lowest BCUT2D eigenvalue weighted by Crippen LogP contribution is -1.91. The Morgan fingerprint density at radius 1 is 1.67 bits per heavy atom. The van der Waals surface area contributed by atoms with Gasteiger partial charge in [0.15, 0.2) is 0 Å². The number of ether oxygens (including phenoxy) is 1. The van der Waals surface area contributed by atoms with Crippen molar-refractivity contribution >= 4 is 17.6 Å². The molecule has 0 fully saturated rings. The standard InChI is InChI=1S/C9H13NOS/c1-11-6-3-5-10-8-9-4-2-7-12-9/h2,4,7-8H,3,5-6H2,1H3/b10-8-. The summed E-state index contributed by atoms with van der Waals surface area (Å²) in [7, 11) is 1.71. The number of nitrogens with zero attached hydrogens (tertiary/aromatic N) is 1. The van der Waals surface area contributed by atoms with Crippen molar-refractivity contribution in [1.82, 2.24) is 0 Å². The maximum absolute atomic E-state index is 4.91. The third kappa shape index (κ3) is 3.64. The van der Waals surface area contributed by atoms with Gasteiger partial charge in [0.25, 0.3) is 0 Å². The van der Waals surface area contributed by atoms with Gasteiger partial charge in [-0.1, -0.05) is 6.07 Å². The van der Waals surface area contributed by atoms with Crippen LogP contribution >= 0.6 is 11.3 Å². The third-order valence-electron chi connectivity index (χ3n) is 1.40. The molecule has 0 unspecified atom stereocenters. The molecule has 0 saturated carbocycles. The Labute approximate surface area is 76.9 Å². The number of aliphatic imine (C=N–C) groups is 1. The molecule has 0 spiro atoms. The lowest BCUT2D eigenvalue weighted by molar-refractivity contribution is 0.197. The Morgan fingerprint density at radius 2 is 2.58 bits per heavy atom. The summed E-state index contributed by atoms with van der Waals surface area (Å²) in [5.74, 6) is 0. The van der Waals surface area contributed by atoms with Crippen LogP contribution in [0.4, 0.5) is 0 Å². The lowest BCUT2D eigenvalue weighted by Gasteiger charge is -1.92. The molecular formula is C9H13NOS. The molecule has 12 heavy (non-hydrogen) atoms. The van der Waals surface area contributed by atoms with Crippen molar-refractivity contribution in [2.45, 2.75) is 6.42 Å². The van der Waals surface area contributed by atoms with Crippen LogP contribution in [-0.4, -0.2) is 26.5 Å². The van der Waals surface area contributed by atoms with E-state index < -0.39 is 0 Å². The minimum Gasteiger partial charge on any atom is -0.385 e. The average Bonchev–Trinajstić information content (AvgIpc) is 2.57. The van der Waals surface area contributed by atoms with Gasteiger partial charge in [0, 0.05) is 31.4 Å². The smallest absolute Gasteiger partial charge is 0.0479 e. The van der Waals surface area contributed by atoms with Gasteiger partial charge in [0.2, 0.25) is 0 Å². The normalized spacial score (nSPS) is 11.1. The van der Waals surface area contributed by atoms with Gasteiger partial charge < -0.3 is 4.74 Å². The Morgan fingerprint density at radius 3 is 3.25 bits per heavy atom. The van der Waals surface area contributed by atoms with Gasteiger partial charge in [-0.3, -0.25) is 4.99 Å². The summed E-state index contributed by atoms with van der Waals surface area (Å²) in [5, 5.41) is 2.05. The van der Waals surface area contributed by atoms with E-state index >= 15 is 0 Å². The molecular weight excluding hydrogens is 170 g/mol. The second-order valence-electron chi connectivity index (χ2n) is 2.40. The number of hydrogen-bond acceptors (Lipinski definition) is 3. The van der Waals surface area contributed by atoms with Crippen molar-refractivity contribution < 1.29 is 4.74 Å². The number of thiophene rings is 1. The molecule has 3 heteroatoms. The quantitative estimate of drug-likeness (QED) is 0.506. The zero-order valence-corrected chi connectivity index (χ0v) is 8.01. The van der Waals surface area contributed by atoms with Crippen LogP contribution in [0.5, 0.6) is 0 Å². The van der Waals surface area contributed by atoms with Gasteiger partial charge in [-0.15, -0.1) is 11.3 Å². The van der Waals surface area contributed by atoms with E-state index in [9.17, 15) is 0 Å². The second kappa shape index (κ2) is 5.91. The monoisotopic (exact) mass is 183 g/mol. The second-order valence-corrected chi connectivity index (χ2v) is 3.38. The van der Waals surface area contributed by atoms with Crippen LogP contribution in [0.25, 0.3) is 0 Å². The first-order valence-corrected chi connectivity index (χ1v) is 4.83. The van der Waals surface area contributed by atoms with Gasteiger partial charge >= 0.3 is 0 Å². The zero-order valence-electron chi connectivity index (χ0n) is 7.19. The lowest BCUT2D eigenvalue weighted by atomic mass is 10.4. The minimum absolute atomic E-state index is 0.793. The number of hydrogen-bond donors (Lipinski definition) is 0. The fraction of sp³-hybridized carbons (Fsp3) is 0.444. The summed E-state index contributed by atoms with van der Waals surface area (Å²) in [6.07, 6.45) is 2.92. The molecule has 0 aliphatic rings. The predicted octanol–water partition coefficient (Wildman–Crippen LogP) is 2.20. The Hall–Kier alpha value is -0.670. The number of methoxy groups -OCH3 is 1. The van der Waals surface area contributed by atoms with Gasteiger partial charge in [-0.2, -0.15) is 0 Å². The van der Waals surface area contributed by atoms with Gasteiger partial charge in [0.1, 0.15) is 0 Å². The molecule has 0 radical (unpaired) electrons. The summed E-state index contributed by atoms with van der Waals surface area (Å²) in [6, 6.07) is 4.09. The molecule has 0 atom stereocenters. The Kier molecular flexibility index (Phi) is 4.64. The molecule has 1 rings (SSSR count). The van der Waals surface area contributed by atoms with Crippen LogP contribution in [0.15, 0.2) is 22.5 Å². The van der Waals surface area contributed by atoms with E-state index in [0.29, 0.717) is 0 Å². The largest absolute Gasteiger partial charge is 0.385 e. The molecule has 1 aromatic rings. The van der Waals surface area contributed by atoms with E-state index in [2.05, 4.69) is 16.4 Å². The maximum Gasteiger partial charge on any atom is 0.0479 e. The highest BCUT2D eigenvalue weighted by atomic mass is 32.1. The SMILES string of the molecule is COCCC/N=C\c1cccs1. The molecule has 0 amide bonds. The molecule has 0 aromatic carbocycles. The summed E-state index contributed by atoms with van der Waals surface area (Å²) < 4.78 is 4.91. The molecule has 1 heterocycles. The van der Waals surface area contributed by atoms with E-state index in [0.717, 1.165) is 19.6 Å². The molecule has 0 saturated heterocycles. The fourth-order valence-corrected chi connectivity index (χ4v) is 1.43.